The lowest BCUT2D eigenvalue weighted by Gasteiger charge is -2.18. The highest BCUT2D eigenvalue weighted by molar-refractivity contribution is 7.99. The minimum absolute atomic E-state index is 0.0576. The third-order valence-electron chi connectivity index (χ3n) is 2.10. The van der Waals surface area contributed by atoms with E-state index in [1.54, 1.807) is 0 Å². The summed E-state index contributed by atoms with van der Waals surface area (Å²) in [5.41, 5.74) is -0.00208. The second-order valence-electron chi connectivity index (χ2n) is 3.03. The SMILES string of the molecule is [2H]C1([2H])SCCC/C=C2/C=CC=CC21. The smallest absolute Gasteiger partial charge is 0.0390 e. The molecule has 0 radical (unpaired) electrons. The molecule has 1 heterocycles. The molecule has 1 aliphatic carbocycles. The van der Waals surface area contributed by atoms with Crippen molar-refractivity contribution in [3.05, 3.63) is 36.0 Å². The summed E-state index contributed by atoms with van der Waals surface area (Å²) in [7, 11) is 0. The number of allylic oxidation sites excluding steroid dienone is 6. The summed E-state index contributed by atoms with van der Waals surface area (Å²) in [6, 6.07) is 0. The molecule has 0 amide bonds. The molecule has 0 aromatic rings. The fourth-order valence-corrected chi connectivity index (χ4v) is 2.26. The minimum atomic E-state index is -1.15. The summed E-state index contributed by atoms with van der Waals surface area (Å²) in [5, 5.41) is 0. The van der Waals surface area contributed by atoms with Crippen LogP contribution in [-0.4, -0.2) is 11.5 Å². The zero-order chi connectivity index (χ0) is 10.0. The number of hydrogen-bond donors (Lipinski definition) is 0. The van der Waals surface area contributed by atoms with Gasteiger partial charge < -0.3 is 0 Å². The van der Waals surface area contributed by atoms with E-state index in [0.29, 0.717) is 0 Å². The molecule has 0 saturated carbocycles. The summed E-state index contributed by atoms with van der Waals surface area (Å²) in [5.74, 6) is 0.864. The van der Waals surface area contributed by atoms with Crippen LogP contribution in [0.2, 0.25) is 0 Å². The van der Waals surface area contributed by atoms with Crippen LogP contribution >= 0.6 is 11.8 Å². The van der Waals surface area contributed by atoms with Gasteiger partial charge in [-0.25, -0.2) is 0 Å². The first kappa shape index (κ1) is 6.09. The average molecular weight is 180 g/mol. The highest BCUT2D eigenvalue weighted by Gasteiger charge is 2.12. The molecule has 0 saturated heterocycles. The summed E-state index contributed by atoms with van der Waals surface area (Å²) in [6.45, 7) is 0. The molecule has 1 heteroatoms. The second-order valence-corrected chi connectivity index (χ2v) is 3.97. The molecule has 2 rings (SSSR count). The summed E-state index contributed by atoms with van der Waals surface area (Å²) in [6.07, 6.45) is 12.3. The molecule has 0 aromatic carbocycles. The van der Waals surface area contributed by atoms with Crippen molar-refractivity contribution in [2.24, 2.45) is 5.92 Å². The Morgan fingerprint density at radius 1 is 1.50 bits per heavy atom. The zero-order valence-electron chi connectivity index (χ0n) is 8.99. The molecule has 0 spiro atoms. The van der Waals surface area contributed by atoms with Gasteiger partial charge in [0.1, 0.15) is 0 Å². The Labute approximate surface area is 81.2 Å². The molecular formula is C11H14S. The van der Waals surface area contributed by atoms with E-state index in [4.69, 9.17) is 2.74 Å². The van der Waals surface area contributed by atoms with Crippen molar-refractivity contribution in [2.45, 2.75) is 12.8 Å². The van der Waals surface area contributed by atoms with E-state index in [1.165, 1.54) is 11.8 Å². The van der Waals surface area contributed by atoms with Crippen molar-refractivity contribution in [2.75, 3.05) is 11.5 Å². The van der Waals surface area contributed by atoms with Gasteiger partial charge in [0, 0.05) is 14.4 Å². The van der Waals surface area contributed by atoms with Crippen LogP contribution in [0.4, 0.5) is 0 Å². The molecule has 12 heavy (non-hydrogen) atoms. The Kier molecular flexibility index (Phi) is 2.03. The first-order chi connectivity index (χ1) is 6.70. The number of hydrogen-bond acceptors (Lipinski definition) is 1. The lowest BCUT2D eigenvalue weighted by atomic mass is 9.95. The number of rotatable bonds is 0. The van der Waals surface area contributed by atoms with Gasteiger partial charge >= 0.3 is 0 Å². The Morgan fingerprint density at radius 2 is 2.50 bits per heavy atom. The first-order valence-electron chi connectivity index (χ1n) is 5.39. The molecule has 0 bridgehead atoms. The fraction of sp³-hybridized carbons (Fsp3) is 0.455. The predicted octanol–water partition coefficient (Wildman–Crippen LogP) is 3.18. The Morgan fingerprint density at radius 3 is 3.50 bits per heavy atom. The molecule has 0 nitrogen and oxygen atoms in total. The monoisotopic (exact) mass is 180 g/mol. The second kappa shape index (κ2) is 3.99. The highest BCUT2D eigenvalue weighted by Crippen LogP contribution is 2.26. The summed E-state index contributed by atoms with van der Waals surface area (Å²) < 4.78 is 16.0. The lowest BCUT2D eigenvalue weighted by Crippen LogP contribution is -2.07. The van der Waals surface area contributed by atoms with E-state index < -0.39 is 5.70 Å². The summed E-state index contributed by atoms with van der Waals surface area (Å²) >= 11 is 1.45. The minimum Gasteiger partial charge on any atom is -0.161 e. The largest absolute Gasteiger partial charge is 0.161 e. The Hall–Kier alpha value is -0.430. The maximum atomic E-state index is 7.99. The van der Waals surface area contributed by atoms with Crippen molar-refractivity contribution >= 4 is 11.8 Å². The van der Waals surface area contributed by atoms with Gasteiger partial charge in [0.15, 0.2) is 0 Å². The molecule has 1 unspecified atom stereocenters. The van der Waals surface area contributed by atoms with Gasteiger partial charge in [-0.3, -0.25) is 0 Å². The van der Waals surface area contributed by atoms with Gasteiger partial charge in [0.05, 0.1) is 0 Å². The molecule has 1 aliphatic heterocycles. The fourth-order valence-electron chi connectivity index (χ4n) is 1.43. The molecule has 0 N–H and O–H groups in total. The number of fused-ring (bicyclic) bond motifs is 1. The molecule has 0 aromatic heterocycles. The van der Waals surface area contributed by atoms with Crippen LogP contribution in [0.1, 0.15) is 15.6 Å². The zero-order valence-corrected chi connectivity index (χ0v) is 7.81. The third-order valence-corrected chi connectivity index (χ3v) is 3.02. The van der Waals surface area contributed by atoms with Crippen molar-refractivity contribution in [3.8, 4) is 0 Å². The van der Waals surface area contributed by atoms with Crippen molar-refractivity contribution in [3.63, 3.8) is 0 Å². The van der Waals surface area contributed by atoms with Crippen LogP contribution in [-0.2, 0) is 0 Å². The van der Waals surface area contributed by atoms with Crippen molar-refractivity contribution in [1.29, 1.82) is 0 Å². The molecule has 0 fully saturated rings. The first-order valence-corrected chi connectivity index (χ1v) is 5.37. The molecule has 1 atom stereocenters. The Bertz CT molecular complexity index is 302. The topological polar surface area (TPSA) is 0 Å². The molecule has 64 valence electrons. The highest BCUT2D eigenvalue weighted by atomic mass is 32.2. The van der Waals surface area contributed by atoms with E-state index in [2.05, 4.69) is 6.08 Å². The maximum absolute atomic E-state index is 7.99. The van der Waals surface area contributed by atoms with E-state index in [9.17, 15) is 0 Å². The van der Waals surface area contributed by atoms with Crippen LogP contribution in [0.25, 0.3) is 0 Å². The van der Waals surface area contributed by atoms with E-state index in [-0.39, 0.29) is 5.92 Å². The van der Waals surface area contributed by atoms with Crippen molar-refractivity contribution in [1.82, 2.24) is 0 Å². The van der Waals surface area contributed by atoms with Gasteiger partial charge in [-0.15, -0.1) is 0 Å². The number of thioether (sulfide) groups is 1. The summed E-state index contributed by atoms with van der Waals surface area (Å²) in [4.78, 5) is 0. The van der Waals surface area contributed by atoms with Crippen LogP contribution in [0.15, 0.2) is 36.0 Å². The van der Waals surface area contributed by atoms with Gasteiger partial charge in [0.2, 0.25) is 0 Å². The molecular weight excluding hydrogens is 164 g/mol. The van der Waals surface area contributed by atoms with Gasteiger partial charge in [-0.05, 0) is 24.2 Å². The lowest BCUT2D eigenvalue weighted by molar-refractivity contribution is 0.852. The third kappa shape index (κ3) is 1.84. The van der Waals surface area contributed by atoms with Gasteiger partial charge in [0.25, 0.3) is 0 Å². The van der Waals surface area contributed by atoms with Crippen LogP contribution in [0.5, 0.6) is 0 Å². The predicted molar refractivity (Wildman–Crippen MR) is 56.4 cm³/mol. The van der Waals surface area contributed by atoms with E-state index >= 15 is 0 Å². The Balaban J connectivity index is 2.31. The van der Waals surface area contributed by atoms with E-state index in [0.717, 1.165) is 24.2 Å². The van der Waals surface area contributed by atoms with Crippen molar-refractivity contribution < 1.29 is 2.74 Å². The van der Waals surface area contributed by atoms with Crippen LogP contribution < -0.4 is 0 Å². The molecule has 2 aliphatic rings. The maximum Gasteiger partial charge on any atom is 0.0390 e. The quantitative estimate of drug-likeness (QED) is 0.551. The van der Waals surface area contributed by atoms with Gasteiger partial charge in [-0.1, -0.05) is 30.4 Å². The van der Waals surface area contributed by atoms with Gasteiger partial charge in [-0.2, -0.15) is 11.8 Å². The van der Waals surface area contributed by atoms with Crippen LogP contribution in [0, 0.1) is 5.92 Å². The van der Waals surface area contributed by atoms with E-state index in [1.807, 2.05) is 24.3 Å². The standard InChI is InChI=1S/C11H14S/c1-2-7-11-9-12-8-4-3-6-10(11)5-1/h1-2,5-7,11H,3-4,8-9H2/b10-6-/i9D2. The average Bonchev–Trinajstić information content (AvgIpc) is 2.15. The normalized spacial score (nSPS) is 39.7. The van der Waals surface area contributed by atoms with Crippen LogP contribution in [0.3, 0.4) is 0 Å².